The quantitative estimate of drug-likeness (QED) is 0.548. The van der Waals surface area contributed by atoms with E-state index < -0.39 is 4.92 Å². The molecule has 0 saturated carbocycles. The van der Waals surface area contributed by atoms with Crippen LogP contribution in [-0.2, 0) is 7.05 Å². The zero-order valence-electron chi connectivity index (χ0n) is 12.4. The van der Waals surface area contributed by atoms with E-state index in [-0.39, 0.29) is 5.69 Å². The van der Waals surface area contributed by atoms with Crippen molar-refractivity contribution in [2.75, 3.05) is 7.11 Å². The van der Waals surface area contributed by atoms with Crippen LogP contribution in [0.4, 0.5) is 5.69 Å². The average Bonchev–Trinajstić information content (AvgIpc) is 2.83. The summed E-state index contributed by atoms with van der Waals surface area (Å²) in [6, 6.07) is 8.40. The van der Waals surface area contributed by atoms with Crippen molar-refractivity contribution in [1.82, 2.24) is 14.8 Å². The Bertz CT molecular complexity index is 886. The maximum atomic E-state index is 10.9. The van der Waals surface area contributed by atoms with E-state index >= 15 is 0 Å². The molecule has 0 aliphatic heterocycles. The van der Waals surface area contributed by atoms with Crippen molar-refractivity contribution in [3.05, 3.63) is 46.1 Å². The highest BCUT2D eigenvalue weighted by Crippen LogP contribution is 2.32. The van der Waals surface area contributed by atoms with Crippen LogP contribution in [0.3, 0.4) is 0 Å². The first kappa shape index (κ1) is 14.0. The Hall–Kier alpha value is -2.96. The normalized spacial score (nSPS) is 10.9. The van der Waals surface area contributed by atoms with Crippen molar-refractivity contribution in [2.45, 2.75) is 6.92 Å². The number of rotatable bonds is 3. The van der Waals surface area contributed by atoms with E-state index in [9.17, 15) is 10.1 Å². The first-order valence-corrected chi connectivity index (χ1v) is 6.64. The molecule has 3 aromatic rings. The lowest BCUT2D eigenvalue weighted by Crippen LogP contribution is -1.94. The van der Waals surface area contributed by atoms with Crippen LogP contribution in [0.25, 0.3) is 22.2 Å². The van der Waals surface area contributed by atoms with Gasteiger partial charge in [0, 0.05) is 36.2 Å². The first-order valence-electron chi connectivity index (χ1n) is 6.64. The second-order valence-corrected chi connectivity index (χ2v) is 4.92. The number of hydrogen-bond donors (Lipinski definition) is 0. The molecule has 7 nitrogen and oxygen atoms in total. The molecular formula is C15H14N4O3. The monoisotopic (exact) mass is 298 g/mol. The predicted molar refractivity (Wildman–Crippen MR) is 81.9 cm³/mol. The minimum absolute atomic E-state index is 0.0478. The summed E-state index contributed by atoms with van der Waals surface area (Å²) in [5.41, 5.74) is 3.17. The first-order chi connectivity index (χ1) is 10.5. The standard InChI is InChI=1S/C15H14N4O3/c1-9-11(6-7-14(16-9)22-3)15-12-5-4-10(19(20)21)8-13(12)18(2)17-15/h4-8H,1-3H3. The summed E-state index contributed by atoms with van der Waals surface area (Å²) >= 11 is 0. The van der Waals surface area contributed by atoms with E-state index in [2.05, 4.69) is 10.1 Å². The Balaban J connectivity index is 2.22. The molecule has 0 amide bonds. The second kappa shape index (κ2) is 5.10. The lowest BCUT2D eigenvalue weighted by atomic mass is 10.1. The Labute approximate surface area is 126 Å². The third kappa shape index (κ3) is 2.16. The Morgan fingerprint density at radius 2 is 2.05 bits per heavy atom. The summed E-state index contributed by atoms with van der Waals surface area (Å²) in [6.45, 7) is 1.88. The minimum atomic E-state index is -0.410. The smallest absolute Gasteiger partial charge is 0.271 e. The van der Waals surface area contributed by atoms with Gasteiger partial charge >= 0.3 is 0 Å². The third-order valence-corrected chi connectivity index (χ3v) is 3.57. The highest BCUT2D eigenvalue weighted by Gasteiger charge is 2.16. The molecular weight excluding hydrogens is 284 g/mol. The largest absolute Gasteiger partial charge is 0.481 e. The summed E-state index contributed by atoms with van der Waals surface area (Å²) in [7, 11) is 3.33. The predicted octanol–water partition coefficient (Wildman–Crippen LogP) is 2.86. The zero-order chi connectivity index (χ0) is 15.9. The van der Waals surface area contributed by atoms with Gasteiger partial charge in [-0.1, -0.05) is 0 Å². The van der Waals surface area contributed by atoms with Gasteiger partial charge in [-0.25, -0.2) is 4.98 Å². The Morgan fingerprint density at radius 3 is 2.68 bits per heavy atom. The minimum Gasteiger partial charge on any atom is -0.481 e. The number of aryl methyl sites for hydroxylation is 2. The number of non-ortho nitro benzene ring substituents is 1. The van der Waals surface area contributed by atoms with Crippen molar-refractivity contribution in [1.29, 1.82) is 0 Å². The van der Waals surface area contributed by atoms with Crippen LogP contribution in [0, 0.1) is 17.0 Å². The number of nitro groups is 1. The van der Waals surface area contributed by atoms with Crippen molar-refractivity contribution in [3.63, 3.8) is 0 Å². The molecule has 2 aromatic heterocycles. The van der Waals surface area contributed by atoms with E-state index in [1.54, 1.807) is 31.0 Å². The van der Waals surface area contributed by atoms with Gasteiger partial charge in [-0.15, -0.1) is 0 Å². The number of pyridine rings is 1. The van der Waals surface area contributed by atoms with Gasteiger partial charge in [-0.2, -0.15) is 5.10 Å². The van der Waals surface area contributed by atoms with Gasteiger partial charge in [0.05, 0.1) is 23.2 Å². The fourth-order valence-electron chi connectivity index (χ4n) is 2.46. The van der Waals surface area contributed by atoms with Crippen molar-refractivity contribution in [2.24, 2.45) is 7.05 Å². The Morgan fingerprint density at radius 1 is 1.27 bits per heavy atom. The van der Waals surface area contributed by atoms with E-state index in [0.717, 1.165) is 22.3 Å². The van der Waals surface area contributed by atoms with Gasteiger partial charge in [0.2, 0.25) is 5.88 Å². The molecule has 22 heavy (non-hydrogen) atoms. The maximum absolute atomic E-state index is 10.9. The lowest BCUT2D eigenvalue weighted by molar-refractivity contribution is -0.384. The van der Waals surface area contributed by atoms with Gasteiger partial charge in [-0.05, 0) is 19.1 Å². The zero-order valence-corrected chi connectivity index (χ0v) is 12.4. The summed E-state index contributed by atoms with van der Waals surface area (Å²) in [5, 5.41) is 16.2. The number of nitrogens with zero attached hydrogens (tertiary/aromatic N) is 4. The summed E-state index contributed by atoms with van der Waals surface area (Å²) < 4.78 is 6.75. The van der Waals surface area contributed by atoms with Gasteiger partial charge in [0.1, 0.15) is 5.69 Å². The van der Waals surface area contributed by atoms with E-state index in [1.807, 2.05) is 13.0 Å². The summed E-state index contributed by atoms with van der Waals surface area (Å²) in [5.74, 6) is 0.539. The third-order valence-electron chi connectivity index (χ3n) is 3.57. The van der Waals surface area contributed by atoms with Crippen molar-refractivity contribution < 1.29 is 9.66 Å². The van der Waals surface area contributed by atoms with E-state index in [4.69, 9.17) is 4.74 Å². The van der Waals surface area contributed by atoms with Crippen LogP contribution in [0.5, 0.6) is 5.88 Å². The van der Waals surface area contributed by atoms with Crippen LogP contribution in [-0.4, -0.2) is 26.8 Å². The maximum Gasteiger partial charge on any atom is 0.271 e. The van der Waals surface area contributed by atoms with Gasteiger partial charge in [-0.3, -0.25) is 14.8 Å². The molecule has 3 rings (SSSR count). The number of ether oxygens (including phenoxy) is 1. The SMILES string of the molecule is COc1ccc(-c2nn(C)c3cc([N+](=O)[O-])ccc23)c(C)n1. The number of hydrogen-bond acceptors (Lipinski definition) is 5. The molecule has 0 saturated heterocycles. The molecule has 7 heteroatoms. The molecule has 0 aliphatic rings. The molecule has 0 atom stereocenters. The highest BCUT2D eigenvalue weighted by atomic mass is 16.6. The number of fused-ring (bicyclic) bond motifs is 1. The Kier molecular flexibility index (Phi) is 3.25. The van der Waals surface area contributed by atoms with Crippen LogP contribution in [0.1, 0.15) is 5.69 Å². The van der Waals surface area contributed by atoms with Crippen LogP contribution < -0.4 is 4.74 Å². The molecule has 0 aliphatic carbocycles. The molecule has 2 heterocycles. The molecule has 0 spiro atoms. The van der Waals surface area contributed by atoms with E-state index in [0.29, 0.717) is 11.4 Å². The molecule has 0 bridgehead atoms. The molecule has 0 radical (unpaired) electrons. The molecule has 1 aromatic carbocycles. The average molecular weight is 298 g/mol. The van der Waals surface area contributed by atoms with Crippen molar-refractivity contribution in [3.8, 4) is 17.1 Å². The van der Waals surface area contributed by atoms with Crippen molar-refractivity contribution >= 4 is 16.6 Å². The molecule has 0 unspecified atom stereocenters. The fourth-order valence-corrected chi connectivity index (χ4v) is 2.46. The highest BCUT2D eigenvalue weighted by molar-refractivity contribution is 5.94. The molecule has 0 fully saturated rings. The topological polar surface area (TPSA) is 83.1 Å². The fraction of sp³-hybridized carbons (Fsp3) is 0.200. The number of nitro benzene ring substituents is 1. The van der Waals surface area contributed by atoms with Gasteiger partial charge in [0.15, 0.2) is 0 Å². The summed E-state index contributed by atoms with van der Waals surface area (Å²) in [6.07, 6.45) is 0. The van der Waals surface area contributed by atoms with Crippen LogP contribution >= 0.6 is 0 Å². The molecule has 0 N–H and O–H groups in total. The molecule has 112 valence electrons. The van der Waals surface area contributed by atoms with Gasteiger partial charge in [0.25, 0.3) is 5.69 Å². The second-order valence-electron chi connectivity index (χ2n) is 4.92. The summed E-state index contributed by atoms with van der Waals surface area (Å²) in [4.78, 5) is 14.8. The lowest BCUT2D eigenvalue weighted by Gasteiger charge is -2.05. The van der Waals surface area contributed by atoms with Crippen LogP contribution in [0.15, 0.2) is 30.3 Å². The van der Waals surface area contributed by atoms with Gasteiger partial charge < -0.3 is 4.74 Å². The number of benzene rings is 1. The van der Waals surface area contributed by atoms with Crippen LogP contribution in [0.2, 0.25) is 0 Å². The van der Waals surface area contributed by atoms with E-state index in [1.165, 1.54) is 12.1 Å². The number of methoxy groups -OCH3 is 1. The number of aromatic nitrogens is 3.